The summed E-state index contributed by atoms with van der Waals surface area (Å²) in [7, 11) is 1.62. The zero-order valence-corrected chi connectivity index (χ0v) is 13.4. The van der Waals surface area contributed by atoms with Crippen LogP contribution in [-0.4, -0.2) is 29.8 Å². The number of rotatable bonds is 4. The van der Waals surface area contributed by atoms with Crippen LogP contribution in [0.3, 0.4) is 0 Å². The summed E-state index contributed by atoms with van der Waals surface area (Å²) in [6, 6.07) is 14.3. The summed E-state index contributed by atoms with van der Waals surface area (Å²) in [5.74, 6) is 0.269. The largest absolute Gasteiger partial charge is 0.497 e. The summed E-state index contributed by atoms with van der Waals surface area (Å²) in [5, 5.41) is 18.9. The molecule has 1 saturated heterocycles. The number of benzene rings is 2. The molecule has 0 saturated carbocycles. The van der Waals surface area contributed by atoms with Gasteiger partial charge in [-0.15, -0.1) is 0 Å². The molecule has 2 atom stereocenters. The highest BCUT2D eigenvalue weighted by Crippen LogP contribution is 2.34. The third-order valence-corrected chi connectivity index (χ3v) is 4.40. The fourth-order valence-electron chi connectivity index (χ4n) is 3.23. The summed E-state index contributed by atoms with van der Waals surface area (Å²) in [4.78, 5) is 2.13. The zero-order chi connectivity index (χ0) is 17.1. The lowest BCUT2D eigenvalue weighted by molar-refractivity contribution is 0.172. The van der Waals surface area contributed by atoms with Gasteiger partial charge in [0.1, 0.15) is 17.6 Å². The van der Waals surface area contributed by atoms with Crippen molar-refractivity contribution < 1.29 is 14.2 Å². The van der Waals surface area contributed by atoms with Crippen molar-refractivity contribution in [3.8, 4) is 11.8 Å². The van der Waals surface area contributed by atoms with E-state index in [9.17, 15) is 9.50 Å². The van der Waals surface area contributed by atoms with E-state index < -0.39 is 11.9 Å². The molecular weight excluding hydrogens is 307 g/mol. The Balaban J connectivity index is 1.83. The van der Waals surface area contributed by atoms with Gasteiger partial charge in [0.25, 0.3) is 0 Å². The van der Waals surface area contributed by atoms with Crippen LogP contribution in [-0.2, 0) is 6.54 Å². The Kier molecular flexibility index (Phi) is 4.79. The predicted octanol–water partition coefficient (Wildman–Crippen LogP) is 3.01. The minimum Gasteiger partial charge on any atom is -0.497 e. The standard InChI is InChI=1S/C19H19FN2O2/c1-24-17-4-2-3-14(8-17)19-9-16(23)12-22(19)11-13-5-6-15(10-21)18(20)7-13/h2-8,16,19,23H,9,11-12H2,1H3. The molecule has 0 radical (unpaired) electrons. The number of nitrogens with zero attached hydrogens (tertiary/aromatic N) is 2. The molecule has 3 rings (SSSR count). The third kappa shape index (κ3) is 3.40. The first-order valence-electron chi connectivity index (χ1n) is 7.85. The molecule has 4 nitrogen and oxygen atoms in total. The first-order chi connectivity index (χ1) is 11.6. The second kappa shape index (κ2) is 7.00. The Morgan fingerprint density at radius 3 is 2.88 bits per heavy atom. The molecule has 2 unspecified atom stereocenters. The predicted molar refractivity (Wildman–Crippen MR) is 87.9 cm³/mol. The molecule has 0 spiro atoms. The van der Waals surface area contributed by atoms with Crippen molar-refractivity contribution in [2.24, 2.45) is 0 Å². The molecule has 1 heterocycles. The molecule has 1 N–H and O–H groups in total. The molecule has 0 amide bonds. The van der Waals surface area contributed by atoms with Crippen molar-refractivity contribution in [3.63, 3.8) is 0 Å². The highest BCUT2D eigenvalue weighted by Gasteiger charge is 2.32. The molecule has 1 fully saturated rings. The molecule has 124 valence electrons. The number of likely N-dealkylation sites (tertiary alicyclic amines) is 1. The number of aliphatic hydroxyl groups excluding tert-OH is 1. The van der Waals surface area contributed by atoms with Gasteiger partial charge in [0, 0.05) is 19.1 Å². The van der Waals surface area contributed by atoms with Crippen molar-refractivity contribution in [2.45, 2.75) is 25.1 Å². The van der Waals surface area contributed by atoms with Gasteiger partial charge in [0.15, 0.2) is 0 Å². The van der Waals surface area contributed by atoms with Crippen LogP contribution in [0.4, 0.5) is 4.39 Å². The number of aliphatic hydroxyl groups is 1. The number of ether oxygens (including phenoxy) is 1. The maximum atomic E-state index is 13.8. The second-order valence-corrected chi connectivity index (χ2v) is 6.04. The highest BCUT2D eigenvalue weighted by molar-refractivity contribution is 5.34. The van der Waals surface area contributed by atoms with E-state index in [2.05, 4.69) is 4.90 Å². The fraction of sp³-hybridized carbons (Fsp3) is 0.316. The van der Waals surface area contributed by atoms with Gasteiger partial charge in [-0.05, 0) is 41.8 Å². The Morgan fingerprint density at radius 2 is 2.17 bits per heavy atom. The molecular formula is C19H19FN2O2. The van der Waals surface area contributed by atoms with Crippen LogP contribution in [0.1, 0.15) is 29.2 Å². The normalized spacial score (nSPS) is 20.8. The average molecular weight is 326 g/mol. The lowest BCUT2D eigenvalue weighted by Crippen LogP contribution is -2.24. The first kappa shape index (κ1) is 16.4. The molecule has 5 heteroatoms. The monoisotopic (exact) mass is 326 g/mol. The molecule has 0 bridgehead atoms. The topological polar surface area (TPSA) is 56.5 Å². The number of β-amino-alcohol motifs (C(OH)–C–C–N with tert-alkyl or cyclic N) is 1. The molecule has 0 aliphatic carbocycles. The van der Waals surface area contributed by atoms with Crippen LogP contribution < -0.4 is 4.74 Å². The van der Waals surface area contributed by atoms with Crippen LogP contribution in [0, 0.1) is 17.1 Å². The van der Waals surface area contributed by atoms with Crippen LogP contribution in [0.15, 0.2) is 42.5 Å². The maximum Gasteiger partial charge on any atom is 0.141 e. The van der Waals surface area contributed by atoms with E-state index in [-0.39, 0.29) is 11.6 Å². The minimum atomic E-state index is -0.507. The van der Waals surface area contributed by atoms with Crippen molar-refractivity contribution in [1.82, 2.24) is 4.90 Å². The Bertz CT molecular complexity index is 772. The third-order valence-electron chi connectivity index (χ3n) is 4.40. The van der Waals surface area contributed by atoms with Crippen LogP contribution >= 0.6 is 0 Å². The van der Waals surface area contributed by atoms with Crippen molar-refractivity contribution >= 4 is 0 Å². The van der Waals surface area contributed by atoms with E-state index in [0.29, 0.717) is 19.5 Å². The molecule has 0 aromatic heterocycles. The van der Waals surface area contributed by atoms with E-state index in [4.69, 9.17) is 10.00 Å². The van der Waals surface area contributed by atoms with Gasteiger partial charge in [0.2, 0.25) is 0 Å². The van der Waals surface area contributed by atoms with Gasteiger partial charge in [0.05, 0.1) is 18.8 Å². The highest BCUT2D eigenvalue weighted by atomic mass is 19.1. The molecule has 2 aromatic carbocycles. The molecule has 24 heavy (non-hydrogen) atoms. The second-order valence-electron chi connectivity index (χ2n) is 6.04. The average Bonchev–Trinajstić information content (AvgIpc) is 2.95. The number of hydrogen-bond acceptors (Lipinski definition) is 4. The van der Waals surface area contributed by atoms with Crippen LogP contribution in [0.25, 0.3) is 0 Å². The van der Waals surface area contributed by atoms with Crippen LogP contribution in [0.2, 0.25) is 0 Å². The van der Waals surface area contributed by atoms with Gasteiger partial charge >= 0.3 is 0 Å². The number of nitriles is 1. The Labute approximate surface area is 140 Å². The zero-order valence-electron chi connectivity index (χ0n) is 13.4. The molecule has 1 aliphatic rings. The SMILES string of the molecule is COc1cccc(C2CC(O)CN2Cc2ccc(C#N)c(F)c2)c1. The van der Waals surface area contributed by atoms with E-state index in [1.165, 1.54) is 12.1 Å². The number of hydrogen-bond donors (Lipinski definition) is 1. The Hall–Kier alpha value is -2.42. The molecule has 1 aliphatic heterocycles. The molecule has 2 aromatic rings. The van der Waals surface area contributed by atoms with E-state index in [1.54, 1.807) is 13.2 Å². The van der Waals surface area contributed by atoms with Gasteiger partial charge in [-0.1, -0.05) is 18.2 Å². The minimum absolute atomic E-state index is 0.0459. The maximum absolute atomic E-state index is 13.8. The van der Waals surface area contributed by atoms with E-state index >= 15 is 0 Å². The number of methoxy groups -OCH3 is 1. The van der Waals surface area contributed by atoms with E-state index in [1.807, 2.05) is 30.3 Å². The summed E-state index contributed by atoms with van der Waals surface area (Å²) < 4.78 is 19.1. The van der Waals surface area contributed by atoms with Gasteiger partial charge in [-0.25, -0.2) is 4.39 Å². The fourth-order valence-corrected chi connectivity index (χ4v) is 3.23. The lowest BCUT2D eigenvalue weighted by Gasteiger charge is -2.25. The summed E-state index contributed by atoms with van der Waals surface area (Å²) in [6.45, 7) is 1.05. The van der Waals surface area contributed by atoms with Crippen molar-refractivity contribution in [3.05, 3.63) is 65.0 Å². The van der Waals surface area contributed by atoms with Crippen LogP contribution in [0.5, 0.6) is 5.75 Å². The smallest absolute Gasteiger partial charge is 0.141 e. The van der Waals surface area contributed by atoms with Gasteiger partial charge in [-0.3, -0.25) is 4.90 Å². The first-order valence-corrected chi connectivity index (χ1v) is 7.85. The van der Waals surface area contributed by atoms with Gasteiger partial charge < -0.3 is 9.84 Å². The summed E-state index contributed by atoms with van der Waals surface area (Å²) >= 11 is 0. The lowest BCUT2D eigenvalue weighted by atomic mass is 10.0. The van der Waals surface area contributed by atoms with Gasteiger partial charge in [-0.2, -0.15) is 5.26 Å². The van der Waals surface area contributed by atoms with E-state index in [0.717, 1.165) is 16.9 Å². The summed E-state index contributed by atoms with van der Waals surface area (Å²) in [5.41, 5.74) is 1.90. The quantitative estimate of drug-likeness (QED) is 0.938. The number of halogens is 1. The van der Waals surface area contributed by atoms with Crippen molar-refractivity contribution in [1.29, 1.82) is 5.26 Å². The summed E-state index contributed by atoms with van der Waals surface area (Å²) in [6.07, 6.45) is 0.218. The van der Waals surface area contributed by atoms with Crippen molar-refractivity contribution in [2.75, 3.05) is 13.7 Å². The Morgan fingerprint density at radius 1 is 1.33 bits per heavy atom.